The lowest BCUT2D eigenvalue weighted by molar-refractivity contribution is 0.597. The van der Waals surface area contributed by atoms with Crippen molar-refractivity contribution in [1.82, 2.24) is 4.57 Å². The second kappa shape index (κ2) is 5.87. The Morgan fingerprint density at radius 3 is 2.32 bits per heavy atom. The fourth-order valence-electron chi connectivity index (χ4n) is 2.83. The number of sulfonamides is 1. The number of rotatable bonds is 4. The van der Waals surface area contributed by atoms with Crippen LogP contribution in [-0.2, 0) is 25.6 Å². The summed E-state index contributed by atoms with van der Waals surface area (Å²) in [5.74, 6) is -0.249. The van der Waals surface area contributed by atoms with E-state index in [1.54, 1.807) is 47.0 Å². The Balaban J connectivity index is 2.41. The average molecular weight is 379 g/mol. The number of nitrogens with zero attached hydrogens (tertiary/aromatic N) is 1. The predicted molar refractivity (Wildman–Crippen MR) is 97.6 cm³/mol. The Morgan fingerprint density at radius 2 is 1.68 bits per heavy atom. The van der Waals surface area contributed by atoms with Crippen LogP contribution >= 0.6 is 0 Å². The Labute approximate surface area is 145 Å². The first-order chi connectivity index (χ1) is 11.6. The smallest absolute Gasteiger partial charge is 0.240 e. The maximum atomic E-state index is 12.0. The lowest BCUT2D eigenvalue weighted by atomic mass is 10.2. The molecule has 0 saturated carbocycles. The molecular formula is C16H17N3O4S2. The minimum atomic E-state index is -3.99. The van der Waals surface area contributed by atoms with Crippen molar-refractivity contribution in [2.24, 2.45) is 5.14 Å². The van der Waals surface area contributed by atoms with Gasteiger partial charge in [-0.15, -0.1) is 0 Å². The van der Waals surface area contributed by atoms with Crippen molar-refractivity contribution in [1.29, 1.82) is 0 Å². The van der Waals surface area contributed by atoms with Gasteiger partial charge < -0.3 is 10.3 Å². The Bertz CT molecular complexity index is 1180. The number of hydrogen-bond donors (Lipinski definition) is 2. The van der Waals surface area contributed by atoms with Crippen LogP contribution in [0.2, 0.25) is 0 Å². The van der Waals surface area contributed by atoms with Crippen molar-refractivity contribution in [3.8, 4) is 5.69 Å². The number of para-hydroxylation sites is 1. The molecule has 0 spiro atoms. The molecule has 9 heteroatoms. The number of nitrogen functional groups attached to an aromatic ring is 1. The van der Waals surface area contributed by atoms with Crippen LogP contribution in [0.4, 0.5) is 5.69 Å². The third kappa shape index (κ3) is 3.53. The number of sulfone groups is 1. The Hall–Kier alpha value is -2.36. The van der Waals surface area contributed by atoms with Gasteiger partial charge in [0.25, 0.3) is 0 Å². The number of primary sulfonamides is 1. The molecule has 1 aromatic heterocycles. The summed E-state index contributed by atoms with van der Waals surface area (Å²) in [6, 6.07) is 13.0. The first-order valence-electron chi connectivity index (χ1n) is 7.26. The van der Waals surface area contributed by atoms with Gasteiger partial charge in [0.15, 0.2) is 9.84 Å². The lowest BCUT2D eigenvalue weighted by Crippen LogP contribution is -2.16. The fraction of sp³-hybridized carbons (Fsp3) is 0.125. The summed E-state index contributed by atoms with van der Waals surface area (Å²) in [5.41, 5.74) is 7.70. The molecule has 3 aromatic rings. The average Bonchev–Trinajstić information content (AvgIpc) is 2.80. The molecule has 0 unspecified atom stereocenters. The van der Waals surface area contributed by atoms with Crippen molar-refractivity contribution >= 4 is 36.5 Å². The maximum Gasteiger partial charge on any atom is 0.240 e. The normalized spacial score (nSPS) is 12.6. The van der Waals surface area contributed by atoms with E-state index in [2.05, 4.69) is 0 Å². The molecule has 3 rings (SSSR count). The minimum Gasteiger partial charge on any atom is -0.399 e. The third-order valence-corrected chi connectivity index (χ3v) is 5.50. The van der Waals surface area contributed by atoms with E-state index in [0.29, 0.717) is 28.0 Å². The maximum absolute atomic E-state index is 12.0. The first-order valence-corrected chi connectivity index (χ1v) is 10.9. The van der Waals surface area contributed by atoms with Gasteiger partial charge in [0, 0.05) is 23.0 Å². The standard InChI is InChI=1S/C16H17N3O4S2/c1-24(20,21)10-13-9-11-8-12(17)6-7-14(11)19(13)15-4-2-3-5-16(15)25(18,22)23/h2-9H,10,17H2,1H3,(H2,18,22,23). The van der Waals surface area contributed by atoms with Crippen molar-refractivity contribution in [3.05, 3.63) is 54.2 Å². The van der Waals surface area contributed by atoms with E-state index in [1.807, 2.05) is 0 Å². The Morgan fingerprint density at radius 1 is 1.00 bits per heavy atom. The summed E-state index contributed by atoms with van der Waals surface area (Å²) in [4.78, 5) is -0.0842. The number of anilines is 1. The van der Waals surface area contributed by atoms with E-state index in [-0.39, 0.29) is 10.6 Å². The molecule has 0 aliphatic carbocycles. The summed E-state index contributed by atoms with van der Waals surface area (Å²) in [6.07, 6.45) is 1.12. The fourth-order valence-corrected chi connectivity index (χ4v) is 4.30. The van der Waals surface area contributed by atoms with Gasteiger partial charge in [-0.2, -0.15) is 0 Å². The monoisotopic (exact) mass is 379 g/mol. The van der Waals surface area contributed by atoms with Crippen LogP contribution in [0.3, 0.4) is 0 Å². The molecule has 0 amide bonds. The summed E-state index contributed by atoms with van der Waals surface area (Å²) < 4.78 is 49.2. The first kappa shape index (κ1) is 17.5. The van der Waals surface area contributed by atoms with Crippen molar-refractivity contribution in [3.63, 3.8) is 0 Å². The van der Waals surface area contributed by atoms with Crippen molar-refractivity contribution < 1.29 is 16.8 Å². The molecule has 4 N–H and O–H groups in total. The second-order valence-corrected chi connectivity index (χ2v) is 9.54. The number of aromatic nitrogens is 1. The topological polar surface area (TPSA) is 125 Å². The molecule has 25 heavy (non-hydrogen) atoms. The predicted octanol–water partition coefficient (Wildman–Crippen LogP) is 1.40. The number of fused-ring (bicyclic) bond motifs is 1. The molecule has 0 aliphatic heterocycles. The van der Waals surface area contributed by atoms with Gasteiger partial charge in [-0.05, 0) is 36.4 Å². The zero-order valence-corrected chi connectivity index (χ0v) is 15.0. The van der Waals surface area contributed by atoms with Crippen LogP contribution < -0.4 is 10.9 Å². The number of hydrogen-bond acceptors (Lipinski definition) is 5. The van der Waals surface area contributed by atoms with E-state index in [4.69, 9.17) is 10.9 Å². The van der Waals surface area contributed by atoms with Crippen LogP contribution in [0, 0.1) is 0 Å². The van der Waals surface area contributed by atoms with Gasteiger partial charge in [0.1, 0.15) is 4.90 Å². The van der Waals surface area contributed by atoms with Crippen LogP contribution in [0.15, 0.2) is 53.4 Å². The van der Waals surface area contributed by atoms with E-state index >= 15 is 0 Å². The summed E-state index contributed by atoms with van der Waals surface area (Å²) in [5, 5.41) is 6.04. The molecule has 0 radical (unpaired) electrons. The van der Waals surface area contributed by atoms with Gasteiger partial charge in [-0.1, -0.05) is 12.1 Å². The van der Waals surface area contributed by atoms with Gasteiger partial charge >= 0.3 is 0 Å². The highest BCUT2D eigenvalue weighted by atomic mass is 32.2. The SMILES string of the molecule is CS(=O)(=O)Cc1cc2cc(N)ccc2n1-c1ccccc1S(N)(=O)=O. The molecule has 7 nitrogen and oxygen atoms in total. The molecule has 0 saturated heterocycles. The van der Waals surface area contributed by atoms with Gasteiger partial charge in [0.05, 0.1) is 17.0 Å². The van der Waals surface area contributed by atoms with E-state index in [9.17, 15) is 16.8 Å². The highest BCUT2D eigenvalue weighted by Gasteiger charge is 2.20. The minimum absolute atomic E-state index is 0.0842. The number of nitrogens with two attached hydrogens (primary N) is 2. The molecule has 0 fully saturated rings. The second-order valence-electron chi connectivity index (χ2n) is 5.87. The number of benzene rings is 2. The van der Waals surface area contributed by atoms with E-state index in [1.165, 1.54) is 6.07 Å². The lowest BCUT2D eigenvalue weighted by Gasteiger charge is -2.14. The molecular weight excluding hydrogens is 362 g/mol. The summed E-state index contributed by atoms with van der Waals surface area (Å²) in [6.45, 7) is 0. The van der Waals surface area contributed by atoms with E-state index < -0.39 is 19.9 Å². The van der Waals surface area contributed by atoms with Crippen LogP contribution in [-0.4, -0.2) is 27.7 Å². The zero-order valence-electron chi connectivity index (χ0n) is 13.4. The molecule has 1 heterocycles. The summed E-state index contributed by atoms with van der Waals surface area (Å²) in [7, 11) is -7.34. The van der Waals surface area contributed by atoms with Crippen molar-refractivity contribution in [2.75, 3.05) is 12.0 Å². The molecule has 132 valence electrons. The zero-order chi connectivity index (χ0) is 18.4. The van der Waals surface area contributed by atoms with E-state index in [0.717, 1.165) is 6.26 Å². The van der Waals surface area contributed by atoms with Crippen LogP contribution in [0.1, 0.15) is 5.69 Å². The molecule has 0 atom stereocenters. The van der Waals surface area contributed by atoms with Crippen LogP contribution in [0.5, 0.6) is 0 Å². The van der Waals surface area contributed by atoms with Gasteiger partial charge in [-0.25, -0.2) is 22.0 Å². The highest BCUT2D eigenvalue weighted by Crippen LogP contribution is 2.30. The third-order valence-electron chi connectivity index (χ3n) is 3.72. The van der Waals surface area contributed by atoms with Crippen molar-refractivity contribution in [2.45, 2.75) is 10.6 Å². The highest BCUT2D eigenvalue weighted by molar-refractivity contribution is 7.90. The summed E-state index contributed by atoms with van der Waals surface area (Å²) >= 11 is 0. The molecule has 2 aromatic carbocycles. The van der Waals surface area contributed by atoms with Gasteiger partial charge in [-0.3, -0.25) is 0 Å². The van der Waals surface area contributed by atoms with Gasteiger partial charge in [0.2, 0.25) is 10.0 Å². The largest absolute Gasteiger partial charge is 0.399 e. The molecule has 0 bridgehead atoms. The molecule has 0 aliphatic rings. The van der Waals surface area contributed by atoms with Crippen LogP contribution in [0.25, 0.3) is 16.6 Å². The Kier molecular flexibility index (Phi) is 4.10. The quantitative estimate of drug-likeness (QED) is 0.663.